The number of alkyl halides is 3. The molecule has 2 saturated heterocycles. The van der Waals surface area contributed by atoms with Crippen molar-refractivity contribution in [1.29, 1.82) is 0 Å². The van der Waals surface area contributed by atoms with Gasteiger partial charge in [0.1, 0.15) is 0 Å². The number of rotatable bonds is 13. The highest BCUT2D eigenvalue weighted by Gasteiger charge is 2.38. The fourth-order valence-electron chi connectivity index (χ4n) is 8.46. The van der Waals surface area contributed by atoms with E-state index in [2.05, 4.69) is 24.3 Å². The third-order valence-corrected chi connectivity index (χ3v) is 12.3. The third kappa shape index (κ3) is 13.6. The SMILES string of the molecule is NCC(=O)c1ccc(CN(C(=O)N2CCCCC2)c2cccc(-c3ccccc3)c2)cc1.O=C(CNC(=O)C(F)(F)F)c1ccc(CN(C(=O)N2CCCCC2)c2cccc(-c3ccccc3)c2)cc1. The van der Waals surface area contributed by atoms with Crippen LogP contribution in [0.3, 0.4) is 0 Å². The van der Waals surface area contributed by atoms with E-state index in [0.717, 1.165) is 89.9 Å². The van der Waals surface area contributed by atoms with E-state index >= 15 is 0 Å². The number of likely N-dealkylation sites (tertiary alicyclic amines) is 2. The summed E-state index contributed by atoms with van der Waals surface area (Å²) in [5, 5.41) is 1.59. The molecule has 2 fully saturated rings. The number of halogens is 3. The molecule has 0 atom stereocenters. The Morgan fingerprint density at radius 3 is 1.26 bits per heavy atom. The first kappa shape index (κ1) is 50.3. The van der Waals surface area contributed by atoms with Gasteiger partial charge >= 0.3 is 24.1 Å². The van der Waals surface area contributed by atoms with E-state index < -0.39 is 24.4 Å². The van der Waals surface area contributed by atoms with Crippen molar-refractivity contribution in [2.24, 2.45) is 5.73 Å². The quantitative estimate of drug-likeness (QED) is 0.111. The van der Waals surface area contributed by atoms with Gasteiger partial charge in [0.05, 0.1) is 26.2 Å². The van der Waals surface area contributed by atoms with Gasteiger partial charge in [0.15, 0.2) is 11.6 Å². The molecule has 14 heteroatoms. The van der Waals surface area contributed by atoms with Gasteiger partial charge in [0.25, 0.3) is 0 Å². The molecule has 2 heterocycles. The molecule has 70 heavy (non-hydrogen) atoms. The van der Waals surface area contributed by atoms with Crippen LogP contribution in [-0.4, -0.2) is 84.8 Å². The molecular formula is C56H57F3N6O5. The van der Waals surface area contributed by atoms with Gasteiger partial charge in [-0.15, -0.1) is 0 Å². The number of nitrogens with zero attached hydrogens (tertiary/aromatic N) is 4. The normalized spacial score (nSPS) is 13.6. The second-order valence-electron chi connectivity index (χ2n) is 17.3. The summed E-state index contributed by atoms with van der Waals surface area (Å²) in [6.45, 7) is 2.86. The number of nitrogens with two attached hydrogens (primary N) is 1. The van der Waals surface area contributed by atoms with E-state index in [-0.39, 0.29) is 36.5 Å². The van der Waals surface area contributed by atoms with Crippen LogP contribution in [0.15, 0.2) is 158 Å². The number of benzene rings is 6. The first-order chi connectivity index (χ1) is 33.9. The van der Waals surface area contributed by atoms with Crippen molar-refractivity contribution in [3.63, 3.8) is 0 Å². The summed E-state index contributed by atoms with van der Waals surface area (Å²) in [5.74, 6) is -2.90. The average Bonchev–Trinajstić information content (AvgIpc) is 3.41. The van der Waals surface area contributed by atoms with E-state index in [1.807, 2.05) is 112 Å². The molecule has 0 bridgehead atoms. The molecule has 5 amide bonds. The highest BCUT2D eigenvalue weighted by molar-refractivity contribution is 6.00. The zero-order chi connectivity index (χ0) is 49.5. The molecule has 0 aliphatic carbocycles. The highest BCUT2D eigenvalue weighted by Crippen LogP contribution is 2.30. The number of ketones is 2. The maximum atomic E-state index is 13.6. The summed E-state index contributed by atoms with van der Waals surface area (Å²) in [6.07, 6.45) is 1.19. The summed E-state index contributed by atoms with van der Waals surface area (Å²) in [4.78, 5) is 69.6. The van der Waals surface area contributed by atoms with Gasteiger partial charge in [-0.3, -0.25) is 24.2 Å². The first-order valence-corrected chi connectivity index (χ1v) is 23.6. The van der Waals surface area contributed by atoms with Crippen LogP contribution in [0.4, 0.5) is 34.1 Å². The zero-order valence-corrected chi connectivity index (χ0v) is 39.0. The number of piperidine rings is 2. The van der Waals surface area contributed by atoms with Gasteiger partial charge in [-0.2, -0.15) is 13.2 Å². The van der Waals surface area contributed by atoms with Gasteiger partial charge < -0.3 is 20.9 Å². The van der Waals surface area contributed by atoms with E-state index in [4.69, 9.17) is 5.73 Å². The van der Waals surface area contributed by atoms with Crippen LogP contribution in [0, 0.1) is 0 Å². The molecule has 0 spiro atoms. The summed E-state index contributed by atoms with van der Waals surface area (Å²) in [5.41, 5.74) is 13.7. The monoisotopic (exact) mass is 950 g/mol. The van der Waals surface area contributed by atoms with Crippen molar-refractivity contribution in [2.45, 2.75) is 57.8 Å². The van der Waals surface area contributed by atoms with Crippen LogP contribution in [0.2, 0.25) is 0 Å². The van der Waals surface area contributed by atoms with Crippen molar-refractivity contribution in [2.75, 3.05) is 49.1 Å². The maximum absolute atomic E-state index is 13.6. The lowest BCUT2D eigenvalue weighted by Gasteiger charge is -2.33. The number of nitrogens with one attached hydrogen (secondary N) is 1. The number of carbonyl (C=O) groups excluding carboxylic acids is 5. The van der Waals surface area contributed by atoms with E-state index in [9.17, 15) is 37.1 Å². The predicted molar refractivity (Wildman–Crippen MR) is 267 cm³/mol. The Kier molecular flexibility index (Phi) is 17.3. The molecule has 0 saturated carbocycles. The van der Waals surface area contributed by atoms with Crippen LogP contribution < -0.4 is 20.9 Å². The van der Waals surface area contributed by atoms with Crippen LogP contribution in [-0.2, 0) is 17.9 Å². The predicted octanol–water partition coefficient (Wildman–Crippen LogP) is 10.9. The zero-order valence-electron chi connectivity index (χ0n) is 39.0. The molecule has 11 nitrogen and oxygen atoms in total. The minimum absolute atomic E-state index is 0.00873. The summed E-state index contributed by atoms with van der Waals surface area (Å²) in [6, 6.07) is 49.5. The fourth-order valence-corrected chi connectivity index (χ4v) is 8.46. The standard InChI is InChI=1S/C29H28F3N3O3.C27H29N3O2/c30-29(31,32)27(37)33-19-26(36)23-14-12-21(13-15-23)20-35(28(38)34-16-5-2-6-17-34)25-11-7-10-24(18-25)22-8-3-1-4-9-22;28-19-26(31)23-14-12-21(13-15-23)20-30(27(32)29-16-5-2-6-17-29)25-11-7-10-24(18-25)22-8-3-1-4-9-22/h1,3-4,7-15,18H,2,5-6,16-17,19-20H2,(H,33,37);1,3-4,7-15,18H,2,5-6,16-17,19-20,28H2. The Bertz CT molecular complexity index is 2710. The van der Waals surface area contributed by atoms with Crippen LogP contribution in [0.5, 0.6) is 0 Å². The van der Waals surface area contributed by atoms with E-state index in [1.54, 1.807) is 34.5 Å². The summed E-state index contributed by atoms with van der Waals surface area (Å²) in [7, 11) is 0. The topological polar surface area (TPSA) is 136 Å². The Hall–Kier alpha value is -7.58. The number of Topliss-reactive ketones (excluding diaryl/α,β-unsaturated/α-hetero) is 2. The summed E-state index contributed by atoms with van der Waals surface area (Å²) >= 11 is 0. The lowest BCUT2D eigenvalue weighted by atomic mass is 10.0. The molecule has 8 rings (SSSR count). The Labute approximate surface area is 406 Å². The molecule has 6 aromatic carbocycles. The van der Waals surface area contributed by atoms with Crippen LogP contribution >= 0.6 is 0 Å². The number of urea groups is 2. The minimum atomic E-state index is -5.05. The minimum Gasteiger partial charge on any atom is -0.341 e. The molecule has 3 N–H and O–H groups in total. The first-order valence-electron chi connectivity index (χ1n) is 23.6. The van der Waals surface area contributed by atoms with Crippen molar-refractivity contribution in [1.82, 2.24) is 15.1 Å². The Balaban J connectivity index is 0.000000209. The largest absolute Gasteiger partial charge is 0.471 e. The van der Waals surface area contributed by atoms with Crippen molar-refractivity contribution >= 4 is 40.9 Å². The van der Waals surface area contributed by atoms with Crippen molar-refractivity contribution < 1.29 is 37.1 Å². The molecule has 0 aromatic heterocycles. The Morgan fingerprint density at radius 1 is 0.486 bits per heavy atom. The number of amides is 5. The van der Waals surface area contributed by atoms with Crippen LogP contribution in [0.1, 0.15) is 70.4 Å². The third-order valence-electron chi connectivity index (χ3n) is 12.3. The van der Waals surface area contributed by atoms with Gasteiger partial charge in [-0.1, -0.05) is 133 Å². The van der Waals surface area contributed by atoms with Gasteiger partial charge in [-0.25, -0.2) is 9.59 Å². The number of hydrogen-bond acceptors (Lipinski definition) is 6. The van der Waals surface area contributed by atoms with Crippen molar-refractivity contribution in [3.05, 3.63) is 180 Å². The molecular weight excluding hydrogens is 894 g/mol. The molecule has 0 radical (unpaired) electrons. The van der Waals surface area contributed by atoms with Gasteiger partial charge in [0.2, 0.25) is 0 Å². The fraction of sp³-hybridized carbons (Fsp3) is 0.268. The lowest BCUT2D eigenvalue weighted by Crippen LogP contribution is -2.45. The average molecular weight is 951 g/mol. The second-order valence-corrected chi connectivity index (χ2v) is 17.3. The molecule has 2 aliphatic heterocycles. The molecule has 6 aromatic rings. The van der Waals surface area contributed by atoms with E-state index in [1.165, 1.54) is 18.6 Å². The number of hydrogen-bond donors (Lipinski definition) is 2. The smallest absolute Gasteiger partial charge is 0.341 e. The second kappa shape index (κ2) is 24.1. The number of anilines is 2. The van der Waals surface area contributed by atoms with Crippen LogP contribution in [0.25, 0.3) is 22.3 Å². The van der Waals surface area contributed by atoms with Gasteiger partial charge in [0, 0.05) is 48.7 Å². The maximum Gasteiger partial charge on any atom is 0.471 e. The highest BCUT2D eigenvalue weighted by atomic mass is 19.4. The summed E-state index contributed by atoms with van der Waals surface area (Å²) < 4.78 is 37.1. The molecule has 0 unspecified atom stereocenters. The molecule has 362 valence electrons. The number of carbonyl (C=O) groups is 5. The molecule has 2 aliphatic rings. The van der Waals surface area contributed by atoms with E-state index in [0.29, 0.717) is 25.2 Å². The van der Waals surface area contributed by atoms with Gasteiger partial charge in [-0.05, 0) is 96.2 Å². The Morgan fingerprint density at radius 2 is 0.871 bits per heavy atom. The lowest BCUT2D eigenvalue weighted by molar-refractivity contribution is -0.173. The van der Waals surface area contributed by atoms with Crippen molar-refractivity contribution in [3.8, 4) is 22.3 Å².